The number of nitrogens with zero attached hydrogens (tertiary/aromatic N) is 2. The van der Waals surface area contributed by atoms with E-state index in [1.165, 1.54) is 0 Å². The maximum absolute atomic E-state index is 9.77. The van der Waals surface area contributed by atoms with Crippen LogP contribution < -0.4 is 5.32 Å². The Labute approximate surface area is 88.5 Å². The highest BCUT2D eigenvalue weighted by Gasteiger charge is 2.02. The van der Waals surface area contributed by atoms with Gasteiger partial charge in [0.05, 0.1) is 0 Å². The van der Waals surface area contributed by atoms with E-state index in [9.17, 15) is 10.0 Å². The Hall–Kier alpha value is -1.33. The van der Waals surface area contributed by atoms with Crippen LogP contribution in [0, 0.1) is 4.91 Å². The highest BCUT2D eigenvalue weighted by atomic mass is 16.3. The number of aliphatic hydroxyl groups excluding tert-OH is 1. The molecule has 15 heavy (non-hydrogen) atoms. The molecule has 82 valence electrons. The largest absolute Gasteiger partial charge is 0.379 e. The topological polar surface area (TPSA) is 74.6 Å². The lowest BCUT2D eigenvalue weighted by molar-refractivity contribution is 0.127. The SMILES string of the molecule is O=NCNC(O)CCCc1cccnc1. The zero-order chi connectivity index (χ0) is 10.9. The molecule has 0 fully saturated rings. The zero-order valence-corrected chi connectivity index (χ0v) is 8.47. The summed E-state index contributed by atoms with van der Waals surface area (Å²) in [6.45, 7) is -0.0476. The number of hydrogen-bond donors (Lipinski definition) is 2. The van der Waals surface area contributed by atoms with Gasteiger partial charge in [0.15, 0.2) is 0 Å². The van der Waals surface area contributed by atoms with Crippen LogP contribution in [0.15, 0.2) is 29.7 Å². The van der Waals surface area contributed by atoms with Crippen LogP contribution in [0.4, 0.5) is 0 Å². The van der Waals surface area contributed by atoms with Gasteiger partial charge in [-0.1, -0.05) is 11.2 Å². The monoisotopic (exact) mass is 209 g/mol. The molecular weight excluding hydrogens is 194 g/mol. The number of pyridine rings is 1. The lowest BCUT2D eigenvalue weighted by Crippen LogP contribution is -2.28. The Morgan fingerprint density at radius 2 is 2.47 bits per heavy atom. The molecule has 0 aliphatic heterocycles. The summed E-state index contributed by atoms with van der Waals surface area (Å²) >= 11 is 0. The van der Waals surface area contributed by atoms with Gasteiger partial charge < -0.3 is 5.11 Å². The first kappa shape index (κ1) is 11.7. The molecule has 0 radical (unpaired) electrons. The Morgan fingerprint density at radius 3 is 3.13 bits per heavy atom. The van der Waals surface area contributed by atoms with Crippen LogP contribution in [-0.2, 0) is 6.42 Å². The van der Waals surface area contributed by atoms with E-state index in [1.54, 1.807) is 6.20 Å². The van der Waals surface area contributed by atoms with Crippen LogP contribution in [0.2, 0.25) is 0 Å². The summed E-state index contributed by atoms with van der Waals surface area (Å²) in [7, 11) is 0. The number of nitrogens with one attached hydrogen (secondary N) is 1. The Balaban J connectivity index is 2.13. The predicted octanol–water partition coefficient (Wildman–Crippen LogP) is 1.04. The van der Waals surface area contributed by atoms with Crippen molar-refractivity contribution in [1.82, 2.24) is 10.3 Å². The molecule has 0 aliphatic carbocycles. The van der Waals surface area contributed by atoms with Crippen LogP contribution in [0.1, 0.15) is 18.4 Å². The average Bonchev–Trinajstić information content (AvgIpc) is 2.28. The van der Waals surface area contributed by atoms with E-state index in [2.05, 4.69) is 15.5 Å². The number of aromatic nitrogens is 1. The third kappa shape index (κ3) is 5.19. The number of nitroso groups, excluding NO2 is 1. The van der Waals surface area contributed by atoms with Crippen molar-refractivity contribution in [3.8, 4) is 0 Å². The number of hydrogen-bond acceptors (Lipinski definition) is 5. The predicted molar refractivity (Wildman–Crippen MR) is 57.0 cm³/mol. The first-order chi connectivity index (χ1) is 7.33. The fourth-order valence-electron chi connectivity index (χ4n) is 1.29. The van der Waals surface area contributed by atoms with Crippen LogP contribution in [-0.4, -0.2) is 23.0 Å². The molecule has 1 aromatic heterocycles. The van der Waals surface area contributed by atoms with E-state index in [-0.39, 0.29) is 6.67 Å². The van der Waals surface area contributed by atoms with Gasteiger partial charge in [-0.3, -0.25) is 10.3 Å². The minimum atomic E-state index is -0.653. The first-order valence-corrected chi connectivity index (χ1v) is 4.92. The second kappa shape index (κ2) is 7.03. The normalized spacial score (nSPS) is 12.3. The van der Waals surface area contributed by atoms with Gasteiger partial charge in [-0.2, -0.15) is 0 Å². The van der Waals surface area contributed by atoms with Crippen molar-refractivity contribution in [2.24, 2.45) is 5.18 Å². The van der Waals surface area contributed by atoms with E-state index in [0.29, 0.717) is 6.42 Å². The van der Waals surface area contributed by atoms with E-state index in [1.807, 2.05) is 18.3 Å². The molecule has 1 atom stereocenters. The molecule has 1 heterocycles. The molecule has 1 unspecified atom stereocenters. The van der Waals surface area contributed by atoms with Gasteiger partial charge in [-0.05, 0) is 30.9 Å². The van der Waals surface area contributed by atoms with Crippen molar-refractivity contribution >= 4 is 0 Å². The zero-order valence-electron chi connectivity index (χ0n) is 8.47. The van der Waals surface area contributed by atoms with Crippen molar-refractivity contribution in [3.05, 3.63) is 35.0 Å². The van der Waals surface area contributed by atoms with Gasteiger partial charge in [0.2, 0.25) is 0 Å². The average molecular weight is 209 g/mol. The first-order valence-electron chi connectivity index (χ1n) is 4.92. The van der Waals surface area contributed by atoms with E-state index >= 15 is 0 Å². The lowest BCUT2D eigenvalue weighted by atomic mass is 10.1. The quantitative estimate of drug-likeness (QED) is 0.519. The minimum Gasteiger partial charge on any atom is -0.379 e. The molecule has 0 amide bonds. The molecule has 0 aliphatic rings. The van der Waals surface area contributed by atoms with Gasteiger partial charge in [0, 0.05) is 12.4 Å². The Kier molecular flexibility index (Phi) is 5.50. The van der Waals surface area contributed by atoms with Gasteiger partial charge >= 0.3 is 0 Å². The number of rotatable bonds is 7. The molecule has 0 saturated heterocycles. The Bertz CT molecular complexity index is 279. The van der Waals surface area contributed by atoms with Crippen molar-refractivity contribution < 1.29 is 5.11 Å². The minimum absolute atomic E-state index is 0.0476. The van der Waals surface area contributed by atoms with Crippen molar-refractivity contribution in [2.75, 3.05) is 6.67 Å². The van der Waals surface area contributed by atoms with Crippen molar-refractivity contribution in [2.45, 2.75) is 25.5 Å². The second-order valence-corrected chi connectivity index (χ2v) is 3.26. The summed E-state index contributed by atoms with van der Waals surface area (Å²) in [6, 6.07) is 3.89. The number of aliphatic hydroxyl groups is 1. The summed E-state index contributed by atoms with van der Waals surface area (Å²) in [5, 5.41) is 14.5. The molecule has 1 rings (SSSR count). The molecule has 2 N–H and O–H groups in total. The smallest absolute Gasteiger partial charge is 0.133 e. The van der Waals surface area contributed by atoms with E-state index in [4.69, 9.17) is 0 Å². The highest BCUT2D eigenvalue weighted by molar-refractivity contribution is 5.08. The summed E-state index contributed by atoms with van der Waals surface area (Å²) in [4.78, 5) is 13.8. The van der Waals surface area contributed by atoms with Gasteiger partial charge in [0.1, 0.15) is 12.9 Å². The third-order valence-electron chi connectivity index (χ3n) is 2.06. The van der Waals surface area contributed by atoms with E-state index in [0.717, 1.165) is 18.4 Å². The maximum atomic E-state index is 9.77. The van der Waals surface area contributed by atoms with Crippen molar-refractivity contribution in [3.63, 3.8) is 0 Å². The maximum Gasteiger partial charge on any atom is 0.133 e. The fraction of sp³-hybridized carbons (Fsp3) is 0.500. The van der Waals surface area contributed by atoms with Crippen LogP contribution in [0.3, 0.4) is 0 Å². The van der Waals surface area contributed by atoms with Gasteiger partial charge in [0.25, 0.3) is 0 Å². The molecule has 0 bridgehead atoms. The van der Waals surface area contributed by atoms with Crippen LogP contribution in [0.5, 0.6) is 0 Å². The molecule has 0 spiro atoms. The summed E-state index contributed by atoms with van der Waals surface area (Å²) < 4.78 is 0. The number of aryl methyl sites for hydroxylation is 1. The van der Waals surface area contributed by atoms with Crippen molar-refractivity contribution in [1.29, 1.82) is 0 Å². The summed E-state index contributed by atoms with van der Waals surface area (Å²) in [6.07, 6.45) is 5.21. The molecule has 0 saturated carbocycles. The molecule has 5 nitrogen and oxygen atoms in total. The molecule has 0 aromatic carbocycles. The van der Waals surface area contributed by atoms with Gasteiger partial charge in [-0.15, -0.1) is 4.91 Å². The molecule has 5 heteroatoms. The molecule has 1 aromatic rings. The summed E-state index contributed by atoms with van der Waals surface area (Å²) in [5.41, 5.74) is 1.15. The standard InChI is InChI=1S/C10H15N3O2/c14-10(12-8-13-15)5-1-3-9-4-2-6-11-7-9/h2,4,6-7,10,12,14H,1,3,5,8H2. The third-order valence-corrected chi connectivity index (χ3v) is 2.06. The lowest BCUT2D eigenvalue weighted by Gasteiger charge is -2.09. The Morgan fingerprint density at radius 1 is 1.60 bits per heavy atom. The summed E-state index contributed by atoms with van der Waals surface area (Å²) in [5.74, 6) is 0. The fourth-order valence-corrected chi connectivity index (χ4v) is 1.29. The van der Waals surface area contributed by atoms with Gasteiger partial charge in [-0.25, -0.2) is 0 Å². The van der Waals surface area contributed by atoms with E-state index < -0.39 is 6.23 Å². The molecular formula is C10H15N3O2. The van der Waals surface area contributed by atoms with Crippen LogP contribution in [0.25, 0.3) is 0 Å². The second-order valence-electron chi connectivity index (χ2n) is 3.26. The highest BCUT2D eigenvalue weighted by Crippen LogP contribution is 2.04. The van der Waals surface area contributed by atoms with Crippen LogP contribution >= 0.6 is 0 Å².